The zero-order valence-corrected chi connectivity index (χ0v) is 22.7. The van der Waals surface area contributed by atoms with Gasteiger partial charge in [-0.2, -0.15) is 9.97 Å². The van der Waals surface area contributed by atoms with Crippen LogP contribution in [0.3, 0.4) is 0 Å². The minimum absolute atomic E-state index is 0.0224. The Morgan fingerprint density at radius 1 is 1.05 bits per heavy atom. The first kappa shape index (κ1) is 26.9. The highest BCUT2D eigenvalue weighted by molar-refractivity contribution is 7.89. The topological polar surface area (TPSA) is 130 Å². The summed E-state index contributed by atoms with van der Waals surface area (Å²) in [6.45, 7) is 11.2. The summed E-state index contributed by atoms with van der Waals surface area (Å²) in [7, 11) is -3.89. The Balaban J connectivity index is 1.69. The number of hydrogen-bond acceptors (Lipinski definition) is 7. The number of ether oxygens (including phenoxy) is 1. The summed E-state index contributed by atoms with van der Waals surface area (Å²) in [5, 5.41) is 5.22. The van der Waals surface area contributed by atoms with E-state index in [0.29, 0.717) is 22.7 Å². The quantitative estimate of drug-likeness (QED) is 0.271. The molecule has 40 heavy (non-hydrogen) atoms. The average molecular weight is 558 g/mol. The fourth-order valence-electron chi connectivity index (χ4n) is 4.67. The molecule has 0 saturated carbocycles. The molecule has 2 N–H and O–H groups in total. The van der Waals surface area contributed by atoms with Gasteiger partial charge in [0.15, 0.2) is 16.9 Å². The first-order valence-electron chi connectivity index (χ1n) is 12.7. The van der Waals surface area contributed by atoms with E-state index >= 15 is 0 Å². The molecule has 0 amide bonds. The predicted molar refractivity (Wildman–Crippen MR) is 151 cm³/mol. The molecule has 0 bridgehead atoms. The van der Waals surface area contributed by atoms with Gasteiger partial charge in [-0.1, -0.05) is 30.2 Å². The Labute approximate surface area is 231 Å². The summed E-state index contributed by atoms with van der Waals surface area (Å²) in [4.78, 5) is 29.2. The van der Waals surface area contributed by atoms with Gasteiger partial charge in [0.05, 0.1) is 18.0 Å². The maximum Gasteiger partial charge on any atom is 0.307 e. The molecule has 0 unspecified atom stereocenters. The SMILES string of the molecule is [C-]#[N+]c1ccccc1Cn1c(Oc2ccc(S(N)(=O)=O)cc2)nc2nc(N3CCCCC3)n(CC#CC)c2c1=O. The van der Waals surface area contributed by atoms with Gasteiger partial charge in [-0.15, -0.1) is 5.92 Å². The number of sulfonamides is 1. The highest BCUT2D eigenvalue weighted by atomic mass is 32.2. The predicted octanol–water partition coefficient (Wildman–Crippen LogP) is 3.65. The number of aromatic nitrogens is 4. The normalized spacial score (nSPS) is 13.5. The lowest BCUT2D eigenvalue weighted by molar-refractivity contribution is 0.407. The lowest BCUT2D eigenvalue weighted by Crippen LogP contribution is -2.32. The van der Waals surface area contributed by atoms with E-state index < -0.39 is 15.6 Å². The van der Waals surface area contributed by atoms with Crippen LogP contribution in [0, 0.1) is 18.4 Å². The van der Waals surface area contributed by atoms with Crippen LogP contribution in [0.1, 0.15) is 31.7 Å². The largest absolute Gasteiger partial charge is 0.425 e. The van der Waals surface area contributed by atoms with Gasteiger partial charge >= 0.3 is 6.01 Å². The fourth-order valence-corrected chi connectivity index (χ4v) is 5.19. The molecule has 2 aromatic carbocycles. The molecule has 1 aliphatic heterocycles. The molecule has 1 saturated heterocycles. The van der Waals surface area contributed by atoms with Crippen molar-refractivity contribution >= 4 is 32.8 Å². The summed E-state index contributed by atoms with van der Waals surface area (Å²) < 4.78 is 32.6. The van der Waals surface area contributed by atoms with E-state index in [1.54, 1.807) is 35.8 Å². The van der Waals surface area contributed by atoms with Crippen LogP contribution in [0.5, 0.6) is 11.8 Å². The van der Waals surface area contributed by atoms with Gasteiger partial charge in [-0.3, -0.25) is 13.9 Å². The van der Waals surface area contributed by atoms with Crippen LogP contribution in [0.25, 0.3) is 16.0 Å². The van der Waals surface area contributed by atoms with Crippen LogP contribution in [0.2, 0.25) is 0 Å². The molecule has 1 fully saturated rings. The van der Waals surface area contributed by atoms with E-state index in [4.69, 9.17) is 21.4 Å². The standard InChI is InChI=1S/C28H27N7O4S/c1-3-4-18-34-24-25(31-27(34)33-16-8-5-9-17-33)32-28(39-21-12-14-22(15-13-21)40(29,37)38)35(26(24)36)19-20-10-6-7-11-23(20)30-2/h6-7,10-15H,5,8-9,16-19H2,1H3,(H2,29,37,38). The van der Waals surface area contributed by atoms with Crippen LogP contribution in [0.15, 0.2) is 58.2 Å². The molecule has 204 valence electrons. The molecule has 11 nitrogen and oxygen atoms in total. The van der Waals surface area contributed by atoms with Gasteiger partial charge < -0.3 is 9.64 Å². The van der Waals surface area contributed by atoms with Crippen molar-refractivity contribution in [2.75, 3.05) is 18.0 Å². The number of fused-ring (bicyclic) bond motifs is 1. The Morgan fingerprint density at radius 3 is 2.45 bits per heavy atom. The van der Waals surface area contributed by atoms with Crippen LogP contribution < -0.4 is 20.3 Å². The maximum atomic E-state index is 14.2. The van der Waals surface area contributed by atoms with Gasteiger partial charge in [0.1, 0.15) is 5.75 Å². The van der Waals surface area contributed by atoms with Crippen molar-refractivity contribution in [3.8, 4) is 23.6 Å². The van der Waals surface area contributed by atoms with Crippen LogP contribution >= 0.6 is 0 Å². The molecule has 12 heteroatoms. The third-order valence-corrected chi connectivity index (χ3v) is 7.59. The molecule has 1 aliphatic rings. The fraction of sp³-hybridized carbons (Fsp3) is 0.286. The number of primary sulfonamides is 1. The summed E-state index contributed by atoms with van der Waals surface area (Å²) >= 11 is 0. The third-order valence-electron chi connectivity index (χ3n) is 6.66. The number of nitrogens with zero attached hydrogens (tertiary/aromatic N) is 6. The van der Waals surface area contributed by atoms with Gasteiger partial charge in [0.25, 0.3) is 5.56 Å². The lowest BCUT2D eigenvalue weighted by Gasteiger charge is -2.27. The number of nitrogens with two attached hydrogens (primary N) is 1. The van der Waals surface area contributed by atoms with E-state index in [0.717, 1.165) is 32.4 Å². The van der Waals surface area contributed by atoms with E-state index in [-0.39, 0.29) is 35.4 Å². The minimum atomic E-state index is -3.89. The van der Waals surface area contributed by atoms with Gasteiger partial charge in [0.2, 0.25) is 16.0 Å². The highest BCUT2D eigenvalue weighted by Gasteiger charge is 2.25. The first-order valence-corrected chi connectivity index (χ1v) is 14.3. The Bertz CT molecular complexity index is 1840. The average Bonchev–Trinajstić information content (AvgIpc) is 3.32. The number of anilines is 1. The lowest BCUT2D eigenvalue weighted by atomic mass is 10.1. The molecule has 3 heterocycles. The summed E-state index contributed by atoms with van der Waals surface area (Å²) in [5.74, 6) is 6.82. The monoisotopic (exact) mass is 557 g/mol. The van der Waals surface area contributed by atoms with E-state index in [1.165, 1.54) is 28.8 Å². The maximum absolute atomic E-state index is 14.2. The Morgan fingerprint density at radius 2 is 1.77 bits per heavy atom. The molecule has 0 radical (unpaired) electrons. The molecule has 2 aromatic heterocycles. The number of rotatable bonds is 7. The van der Waals surface area contributed by atoms with Crippen molar-refractivity contribution in [2.45, 2.75) is 44.2 Å². The second-order valence-corrected chi connectivity index (χ2v) is 10.9. The molecular weight excluding hydrogens is 530 g/mol. The smallest absolute Gasteiger partial charge is 0.307 e. The first-order chi connectivity index (χ1) is 19.3. The highest BCUT2D eigenvalue weighted by Crippen LogP contribution is 2.28. The summed E-state index contributed by atoms with van der Waals surface area (Å²) in [6, 6.07) is 12.5. The van der Waals surface area contributed by atoms with Crippen LogP contribution in [-0.4, -0.2) is 40.6 Å². The second-order valence-electron chi connectivity index (χ2n) is 9.29. The molecule has 0 spiro atoms. The Kier molecular flexibility index (Phi) is 7.56. The van der Waals surface area contributed by atoms with Crippen LogP contribution in [-0.2, 0) is 23.1 Å². The zero-order chi connectivity index (χ0) is 28.3. The van der Waals surface area contributed by atoms with E-state index in [9.17, 15) is 13.2 Å². The second kappa shape index (κ2) is 11.2. The van der Waals surface area contributed by atoms with E-state index in [1.807, 2.05) is 0 Å². The summed E-state index contributed by atoms with van der Waals surface area (Å²) in [5.41, 5.74) is 1.13. The molecule has 0 aliphatic carbocycles. The molecule has 4 aromatic rings. The van der Waals surface area contributed by atoms with Crippen molar-refractivity contribution in [3.63, 3.8) is 0 Å². The number of piperidine rings is 1. The van der Waals surface area contributed by atoms with Crippen molar-refractivity contribution < 1.29 is 13.2 Å². The number of para-hydroxylation sites is 1. The number of hydrogen-bond donors (Lipinski definition) is 1. The van der Waals surface area contributed by atoms with Crippen molar-refractivity contribution in [2.24, 2.45) is 5.14 Å². The molecule has 0 atom stereocenters. The molecular formula is C28H27N7O4S. The number of benzene rings is 2. The van der Waals surface area contributed by atoms with Gasteiger partial charge in [-0.05, 0) is 56.0 Å². The van der Waals surface area contributed by atoms with E-state index in [2.05, 4.69) is 26.6 Å². The zero-order valence-electron chi connectivity index (χ0n) is 21.9. The minimum Gasteiger partial charge on any atom is -0.425 e. The number of imidazole rings is 1. The molecule has 5 rings (SSSR count). The summed E-state index contributed by atoms with van der Waals surface area (Å²) in [6.07, 6.45) is 3.19. The van der Waals surface area contributed by atoms with Crippen molar-refractivity contribution in [1.29, 1.82) is 0 Å². The van der Waals surface area contributed by atoms with Crippen molar-refractivity contribution in [1.82, 2.24) is 19.1 Å². The van der Waals surface area contributed by atoms with Crippen molar-refractivity contribution in [3.05, 3.63) is 75.9 Å². The van der Waals surface area contributed by atoms with Gasteiger partial charge in [-0.25, -0.2) is 18.4 Å². The van der Waals surface area contributed by atoms with Gasteiger partial charge in [0, 0.05) is 19.6 Å². The Hall–Kier alpha value is -4.65. The van der Waals surface area contributed by atoms with Crippen LogP contribution in [0.4, 0.5) is 11.6 Å². The third kappa shape index (κ3) is 5.41.